The van der Waals surface area contributed by atoms with Crippen molar-refractivity contribution >= 4 is 28.5 Å². The van der Waals surface area contributed by atoms with Gasteiger partial charge in [-0.3, -0.25) is 10.1 Å². The van der Waals surface area contributed by atoms with E-state index in [1.807, 2.05) is 32.0 Å². The Labute approximate surface area is 225 Å². The smallest absolute Gasteiger partial charge is 0.412 e. The van der Waals surface area contributed by atoms with Gasteiger partial charge in [0.25, 0.3) is 5.91 Å². The van der Waals surface area contributed by atoms with E-state index in [0.29, 0.717) is 17.2 Å². The molecule has 198 valence electrons. The highest BCUT2D eigenvalue weighted by Gasteiger charge is 2.19. The molecule has 6 nitrogen and oxygen atoms in total. The number of rotatable bonds is 4. The SMILES string of the molecule is Cc1ccc(NC(=O)OC(C)(C)C)cc1C(=O)N[C@H](C)c1ccc(C#CC2CCNCC2)c2ccccc12. The van der Waals surface area contributed by atoms with Crippen LogP contribution in [0.3, 0.4) is 0 Å². The van der Waals surface area contributed by atoms with Crippen molar-refractivity contribution in [3.63, 3.8) is 0 Å². The Kier molecular flexibility index (Phi) is 8.38. The lowest BCUT2D eigenvalue weighted by Crippen LogP contribution is -2.28. The summed E-state index contributed by atoms with van der Waals surface area (Å²) in [5.74, 6) is 7.12. The molecule has 0 spiro atoms. The largest absolute Gasteiger partial charge is 0.444 e. The molecule has 1 heterocycles. The zero-order chi connectivity index (χ0) is 27.3. The van der Waals surface area contributed by atoms with E-state index in [1.54, 1.807) is 32.9 Å². The number of hydrogen-bond donors (Lipinski definition) is 3. The van der Waals surface area contributed by atoms with Gasteiger partial charge in [0.15, 0.2) is 0 Å². The van der Waals surface area contributed by atoms with Gasteiger partial charge >= 0.3 is 6.09 Å². The van der Waals surface area contributed by atoms with E-state index < -0.39 is 11.7 Å². The third-order valence-corrected chi connectivity index (χ3v) is 6.65. The van der Waals surface area contributed by atoms with Gasteiger partial charge in [0, 0.05) is 22.7 Å². The van der Waals surface area contributed by atoms with Gasteiger partial charge in [0.05, 0.1) is 6.04 Å². The van der Waals surface area contributed by atoms with E-state index >= 15 is 0 Å². The van der Waals surface area contributed by atoms with Crippen molar-refractivity contribution in [2.24, 2.45) is 5.92 Å². The maximum Gasteiger partial charge on any atom is 0.412 e. The van der Waals surface area contributed by atoms with E-state index in [9.17, 15) is 9.59 Å². The fraction of sp³-hybridized carbons (Fsp3) is 0.375. The van der Waals surface area contributed by atoms with Crippen LogP contribution in [-0.4, -0.2) is 30.7 Å². The monoisotopic (exact) mass is 511 g/mol. The minimum atomic E-state index is -0.609. The second-order valence-electron chi connectivity index (χ2n) is 10.9. The number of nitrogens with one attached hydrogen (secondary N) is 3. The number of carbonyl (C=O) groups is 2. The highest BCUT2D eigenvalue weighted by molar-refractivity contribution is 5.98. The molecule has 0 aromatic heterocycles. The lowest BCUT2D eigenvalue weighted by molar-refractivity contribution is 0.0635. The first-order valence-electron chi connectivity index (χ1n) is 13.3. The molecule has 0 aliphatic carbocycles. The van der Waals surface area contributed by atoms with Crippen molar-refractivity contribution in [3.05, 3.63) is 76.9 Å². The van der Waals surface area contributed by atoms with Crippen LogP contribution < -0.4 is 16.0 Å². The summed E-state index contributed by atoms with van der Waals surface area (Å²) in [5, 5.41) is 11.4. The summed E-state index contributed by atoms with van der Waals surface area (Å²) in [7, 11) is 0. The standard InChI is InChI=1S/C32H37N3O3/c1-21-10-14-25(35-31(37)38-32(3,4)5)20-29(21)30(36)34-22(2)26-15-13-24(27-8-6-7-9-28(26)27)12-11-23-16-18-33-19-17-23/h6-10,13-15,20,22-23,33H,16-19H2,1-5H3,(H,34,36)(H,35,37)/t22-/m1/s1. The van der Waals surface area contributed by atoms with E-state index in [4.69, 9.17) is 4.74 Å². The molecule has 3 N–H and O–H groups in total. The first-order chi connectivity index (χ1) is 18.1. The Balaban J connectivity index is 1.53. The highest BCUT2D eigenvalue weighted by Crippen LogP contribution is 2.28. The number of anilines is 1. The van der Waals surface area contributed by atoms with E-state index in [2.05, 4.69) is 52.1 Å². The number of carbonyl (C=O) groups excluding carboxylic acids is 2. The maximum absolute atomic E-state index is 13.3. The molecule has 0 saturated carbocycles. The summed E-state index contributed by atoms with van der Waals surface area (Å²) >= 11 is 0. The topological polar surface area (TPSA) is 79.5 Å². The summed E-state index contributed by atoms with van der Waals surface area (Å²) in [4.78, 5) is 25.5. The molecule has 0 unspecified atom stereocenters. The molecule has 0 bridgehead atoms. The van der Waals surface area contributed by atoms with Crippen LogP contribution in [0.2, 0.25) is 0 Å². The van der Waals surface area contributed by atoms with Crippen molar-refractivity contribution in [1.82, 2.24) is 10.6 Å². The van der Waals surface area contributed by atoms with Gasteiger partial charge in [-0.15, -0.1) is 0 Å². The van der Waals surface area contributed by atoms with Crippen LogP contribution in [-0.2, 0) is 4.74 Å². The number of aryl methyl sites for hydroxylation is 1. The minimum absolute atomic E-state index is 0.207. The van der Waals surface area contributed by atoms with Crippen LogP contribution >= 0.6 is 0 Å². The van der Waals surface area contributed by atoms with Gasteiger partial charge < -0.3 is 15.4 Å². The molecule has 6 heteroatoms. The molecule has 4 rings (SSSR count). The molecule has 1 saturated heterocycles. The molecule has 38 heavy (non-hydrogen) atoms. The quantitative estimate of drug-likeness (QED) is 0.357. The van der Waals surface area contributed by atoms with Crippen molar-refractivity contribution in [1.29, 1.82) is 0 Å². The molecule has 3 aromatic rings. The van der Waals surface area contributed by atoms with E-state index in [-0.39, 0.29) is 11.9 Å². The summed E-state index contributed by atoms with van der Waals surface area (Å²) in [5.41, 5.74) is 3.25. The number of ether oxygens (including phenoxy) is 1. The van der Waals surface area contributed by atoms with Gasteiger partial charge in [-0.25, -0.2) is 4.79 Å². The number of benzene rings is 3. The predicted molar refractivity (Wildman–Crippen MR) is 153 cm³/mol. The minimum Gasteiger partial charge on any atom is -0.444 e. The molecular formula is C32H37N3O3. The lowest BCUT2D eigenvalue weighted by Gasteiger charge is -2.20. The Morgan fingerprint density at radius 3 is 2.45 bits per heavy atom. The third kappa shape index (κ3) is 6.93. The number of fused-ring (bicyclic) bond motifs is 1. The van der Waals surface area contributed by atoms with Crippen molar-refractivity contribution in [2.45, 2.75) is 59.1 Å². The first-order valence-corrected chi connectivity index (χ1v) is 13.3. The normalized spacial score (nSPS) is 14.8. The first kappa shape index (κ1) is 27.2. The molecule has 3 aromatic carbocycles. The summed E-state index contributed by atoms with van der Waals surface area (Å²) in [6.45, 7) is 11.3. The van der Waals surface area contributed by atoms with Crippen LogP contribution in [0.5, 0.6) is 0 Å². The maximum atomic E-state index is 13.3. The number of amides is 2. The predicted octanol–water partition coefficient (Wildman–Crippen LogP) is 6.34. The van der Waals surface area contributed by atoms with Gasteiger partial charge in [-0.05, 0) is 101 Å². The average Bonchev–Trinajstić information content (AvgIpc) is 2.87. The molecule has 1 aliphatic heterocycles. The number of hydrogen-bond acceptors (Lipinski definition) is 4. The van der Waals surface area contributed by atoms with Crippen molar-refractivity contribution in [3.8, 4) is 11.8 Å². The van der Waals surface area contributed by atoms with Gasteiger partial charge in [-0.1, -0.05) is 48.2 Å². The van der Waals surface area contributed by atoms with Crippen LogP contribution in [0.1, 0.15) is 73.6 Å². The Morgan fingerprint density at radius 1 is 1.03 bits per heavy atom. The second kappa shape index (κ2) is 11.7. The van der Waals surface area contributed by atoms with Gasteiger partial charge in [-0.2, -0.15) is 0 Å². The van der Waals surface area contributed by atoms with Crippen molar-refractivity contribution < 1.29 is 14.3 Å². The second-order valence-corrected chi connectivity index (χ2v) is 10.9. The summed E-state index contributed by atoms with van der Waals surface area (Å²) in [6.07, 6.45) is 1.61. The van der Waals surface area contributed by atoms with Gasteiger partial charge in [0.2, 0.25) is 0 Å². The van der Waals surface area contributed by atoms with Crippen LogP contribution in [0, 0.1) is 24.7 Å². The van der Waals surface area contributed by atoms with Gasteiger partial charge in [0.1, 0.15) is 5.60 Å². The summed E-state index contributed by atoms with van der Waals surface area (Å²) < 4.78 is 5.33. The average molecular weight is 512 g/mol. The fourth-order valence-corrected chi connectivity index (χ4v) is 4.67. The van der Waals surface area contributed by atoms with Crippen LogP contribution in [0.15, 0.2) is 54.6 Å². The fourth-order valence-electron chi connectivity index (χ4n) is 4.67. The Morgan fingerprint density at radius 2 is 1.74 bits per heavy atom. The Hall–Kier alpha value is -3.82. The molecule has 0 radical (unpaired) electrons. The molecule has 1 fully saturated rings. The van der Waals surface area contributed by atoms with Crippen molar-refractivity contribution in [2.75, 3.05) is 18.4 Å². The third-order valence-electron chi connectivity index (χ3n) is 6.65. The lowest BCUT2D eigenvalue weighted by atomic mass is 9.94. The van der Waals surface area contributed by atoms with E-state index in [1.165, 1.54) is 0 Å². The molecular weight excluding hydrogens is 474 g/mol. The van der Waals surface area contributed by atoms with Crippen LogP contribution in [0.4, 0.5) is 10.5 Å². The molecule has 1 atom stereocenters. The Bertz CT molecular complexity index is 1390. The zero-order valence-corrected chi connectivity index (χ0v) is 22.9. The zero-order valence-electron chi connectivity index (χ0n) is 22.9. The number of piperidine rings is 1. The van der Waals surface area contributed by atoms with Crippen LogP contribution in [0.25, 0.3) is 10.8 Å². The highest BCUT2D eigenvalue weighted by atomic mass is 16.6. The van der Waals surface area contributed by atoms with E-state index in [0.717, 1.165) is 53.4 Å². The molecule has 2 amide bonds. The summed E-state index contributed by atoms with van der Waals surface area (Å²) in [6, 6.07) is 17.4. The molecule has 1 aliphatic rings.